The number of halogens is 3. The van der Waals surface area contributed by atoms with Gasteiger partial charge in [0.1, 0.15) is 0 Å². The van der Waals surface area contributed by atoms with Crippen LogP contribution in [0.1, 0.15) is 34.3 Å². The smallest absolute Gasteiger partial charge is 0.393 e. The Labute approximate surface area is 161 Å². The zero-order valence-electron chi connectivity index (χ0n) is 15.4. The number of hydrogen-bond donors (Lipinski definition) is 1. The highest BCUT2D eigenvalue weighted by molar-refractivity contribution is 6.02. The number of Topliss-reactive ketones (excluding diaryl/α,β-unsaturated/α-hetero) is 1. The van der Waals surface area contributed by atoms with E-state index in [2.05, 4.69) is 11.0 Å². The normalized spacial score (nSPS) is 21.1. The number of rotatable bonds is 2. The van der Waals surface area contributed by atoms with E-state index in [-0.39, 0.29) is 12.0 Å². The molecular formula is C22H22F3NO2. The molecule has 0 amide bonds. The summed E-state index contributed by atoms with van der Waals surface area (Å²) in [4.78, 5) is 14.6. The maximum atomic E-state index is 12.3. The van der Waals surface area contributed by atoms with Crippen LogP contribution in [0.15, 0.2) is 42.5 Å². The van der Waals surface area contributed by atoms with Crippen molar-refractivity contribution in [3.05, 3.63) is 59.2 Å². The Balaban J connectivity index is 0.000000162. The van der Waals surface area contributed by atoms with Crippen molar-refractivity contribution in [3.63, 3.8) is 0 Å². The number of hydrogen-bond acceptors (Lipinski definition) is 3. The van der Waals surface area contributed by atoms with E-state index in [1.54, 1.807) is 0 Å². The van der Waals surface area contributed by atoms with Crippen LogP contribution in [-0.4, -0.2) is 41.5 Å². The van der Waals surface area contributed by atoms with Gasteiger partial charge in [0.2, 0.25) is 0 Å². The van der Waals surface area contributed by atoms with E-state index in [1.165, 1.54) is 17.7 Å². The lowest BCUT2D eigenvalue weighted by Crippen LogP contribution is -2.39. The molecular weight excluding hydrogens is 367 g/mol. The SMILES string of the molecule is FC(F)(F)c1ccc2cc1-2.O=C1c2ccccc2CC1CN1CCC(O)CC1. The van der Waals surface area contributed by atoms with Crippen LogP contribution >= 0.6 is 0 Å². The van der Waals surface area contributed by atoms with Gasteiger partial charge in [-0.1, -0.05) is 30.3 Å². The van der Waals surface area contributed by atoms with Gasteiger partial charge in [0, 0.05) is 31.1 Å². The van der Waals surface area contributed by atoms with Gasteiger partial charge in [0.05, 0.1) is 11.7 Å². The van der Waals surface area contributed by atoms with Crippen LogP contribution < -0.4 is 0 Å². The maximum Gasteiger partial charge on any atom is 0.417 e. The second kappa shape index (κ2) is 7.33. The number of carbonyl (C=O) groups excluding carboxylic acids is 1. The number of aliphatic hydroxyl groups is 1. The Morgan fingerprint density at radius 1 is 1.04 bits per heavy atom. The quantitative estimate of drug-likeness (QED) is 0.715. The third kappa shape index (κ3) is 3.98. The number of ketones is 1. The zero-order valence-corrected chi connectivity index (χ0v) is 15.4. The lowest BCUT2D eigenvalue weighted by Gasteiger charge is -2.30. The first-order chi connectivity index (χ1) is 13.3. The largest absolute Gasteiger partial charge is 0.417 e. The van der Waals surface area contributed by atoms with E-state index >= 15 is 0 Å². The molecule has 3 nitrogen and oxygen atoms in total. The van der Waals surface area contributed by atoms with E-state index in [9.17, 15) is 23.1 Å². The first kappa shape index (κ1) is 19.2. The van der Waals surface area contributed by atoms with Gasteiger partial charge < -0.3 is 10.0 Å². The number of carbonyl (C=O) groups is 1. The lowest BCUT2D eigenvalue weighted by molar-refractivity contribution is -0.136. The molecule has 148 valence electrons. The van der Waals surface area contributed by atoms with Crippen LogP contribution in [0.3, 0.4) is 0 Å². The van der Waals surface area contributed by atoms with Crippen LogP contribution in [0.4, 0.5) is 13.2 Å². The van der Waals surface area contributed by atoms with Crippen LogP contribution in [0, 0.1) is 5.92 Å². The summed E-state index contributed by atoms with van der Waals surface area (Å²) >= 11 is 0. The molecule has 1 saturated heterocycles. The Hall–Kier alpha value is -2.18. The number of nitrogens with zero attached hydrogens (tertiary/aromatic N) is 1. The lowest BCUT2D eigenvalue weighted by atomic mass is 10.0. The molecule has 0 spiro atoms. The minimum atomic E-state index is -4.17. The minimum Gasteiger partial charge on any atom is -0.393 e. The molecule has 1 heterocycles. The van der Waals surface area contributed by atoms with E-state index in [0.29, 0.717) is 11.3 Å². The molecule has 4 aliphatic rings. The monoisotopic (exact) mass is 389 g/mol. The van der Waals surface area contributed by atoms with Gasteiger partial charge in [0.15, 0.2) is 5.78 Å². The van der Waals surface area contributed by atoms with E-state index in [0.717, 1.165) is 56.1 Å². The van der Waals surface area contributed by atoms with Crippen molar-refractivity contribution < 1.29 is 23.1 Å². The van der Waals surface area contributed by atoms with Crippen molar-refractivity contribution in [2.45, 2.75) is 31.5 Å². The minimum absolute atomic E-state index is 0.123. The number of benzene rings is 2. The van der Waals surface area contributed by atoms with Gasteiger partial charge in [0.25, 0.3) is 0 Å². The van der Waals surface area contributed by atoms with Crippen molar-refractivity contribution in [1.82, 2.24) is 4.90 Å². The molecule has 1 aliphatic heterocycles. The molecule has 28 heavy (non-hydrogen) atoms. The average Bonchev–Trinajstić information content (AvgIpc) is 3.18. The Kier molecular flexibility index (Phi) is 5.02. The summed E-state index contributed by atoms with van der Waals surface area (Å²) in [7, 11) is 0. The fourth-order valence-corrected chi connectivity index (χ4v) is 4.08. The molecule has 3 aliphatic carbocycles. The van der Waals surface area contributed by atoms with Crippen LogP contribution in [-0.2, 0) is 12.6 Å². The van der Waals surface area contributed by atoms with Gasteiger partial charge in [-0.15, -0.1) is 0 Å². The summed E-state index contributed by atoms with van der Waals surface area (Å²) in [5, 5.41) is 9.49. The third-order valence-corrected chi connectivity index (χ3v) is 5.71. The molecule has 1 N–H and O–H groups in total. The fraction of sp³-hybridized carbons (Fsp3) is 0.409. The molecule has 6 heteroatoms. The first-order valence-corrected chi connectivity index (χ1v) is 9.57. The second-order valence-electron chi connectivity index (χ2n) is 7.71. The van der Waals surface area contributed by atoms with Crippen molar-refractivity contribution in [2.24, 2.45) is 5.92 Å². The number of piperidine rings is 1. The van der Waals surface area contributed by atoms with Crippen molar-refractivity contribution in [2.75, 3.05) is 19.6 Å². The number of alkyl halides is 3. The summed E-state index contributed by atoms with van der Waals surface area (Å²) in [6, 6.07) is 12.1. The molecule has 0 saturated carbocycles. The van der Waals surface area contributed by atoms with Gasteiger partial charge in [-0.3, -0.25) is 4.79 Å². The number of fused-ring (bicyclic) bond motifs is 2. The highest BCUT2D eigenvalue weighted by Crippen LogP contribution is 2.45. The van der Waals surface area contributed by atoms with Crippen LogP contribution in [0.25, 0.3) is 11.1 Å². The highest BCUT2D eigenvalue weighted by Gasteiger charge is 2.37. The molecule has 1 aromatic carbocycles. The van der Waals surface area contributed by atoms with Gasteiger partial charge >= 0.3 is 6.18 Å². The summed E-state index contributed by atoms with van der Waals surface area (Å²) in [5.41, 5.74) is 2.71. The molecule has 5 rings (SSSR count). The second-order valence-corrected chi connectivity index (χ2v) is 7.71. The third-order valence-electron chi connectivity index (χ3n) is 5.71. The predicted octanol–water partition coefficient (Wildman–Crippen LogP) is 4.18. The Morgan fingerprint density at radius 2 is 1.75 bits per heavy atom. The topological polar surface area (TPSA) is 40.5 Å². The van der Waals surface area contributed by atoms with E-state index in [1.807, 2.05) is 18.2 Å². The average molecular weight is 389 g/mol. The molecule has 1 unspecified atom stereocenters. The van der Waals surface area contributed by atoms with Gasteiger partial charge in [-0.2, -0.15) is 13.2 Å². The van der Waals surface area contributed by atoms with Gasteiger partial charge in [-0.25, -0.2) is 0 Å². The number of aliphatic hydroxyl groups excluding tert-OH is 1. The van der Waals surface area contributed by atoms with E-state index < -0.39 is 11.7 Å². The van der Waals surface area contributed by atoms with Gasteiger partial charge in [-0.05, 0) is 48.1 Å². The van der Waals surface area contributed by atoms with Crippen molar-refractivity contribution >= 4 is 5.78 Å². The standard InChI is InChI=1S/C15H19NO2.C7H3F3/c17-13-5-7-16(8-6-13)10-12-9-11-3-1-2-4-14(11)15(12)18;8-7(9,10)6-2-1-4-3-5(4)6/h1-4,12-13,17H,5-10H2;1-3H. The molecule has 1 fully saturated rings. The van der Waals surface area contributed by atoms with Crippen molar-refractivity contribution in [1.29, 1.82) is 0 Å². The highest BCUT2D eigenvalue weighted by atomic mass is 19.4. The van der Waals surface area contributed by atoms with Crippen LogP contribution in [0.5, 0.6) is 0 Å². The summed E-state index contributed by atoms with van der Waals surface area (Å²) in [6.45, 7) is 2.68. The molecule has 0 aromatic heterocycles. The summed E-state index contributed by atoms with van der Waals surface area (Å²) in [5.74, 6) is 0.425. The Morgan fingerprint density at radius 3 is 2.29 bits per heavy atom. The molecule has 0 radical (unpaired) electrons. The maximum absolute atomic E-state index is 12.3. The van der Waals surface area contributed by atoms with E-state index in [4.69, 9.17) is 0 Å². The predicted molar refractivity (Wildman–Crippen MR) is 100 cm³/mol. The van der Waals surface area contributed by atoms with Crippen molar-refractivity contribution in [3.8, 4) is 11.1 Å². The fourth-order valence-electron chi connectivity index (χ4n) is 4.08. The van der Waals surface area contributed by atoms with Crippen LogP contribution in [0.2, 0.25) is 0 Å². The first-order valence-electron chi connectivity index (χ1n) is 9.57. The summed E-state index contributed by atoms with van der Waals surface area (Å²) in [6.07, 6.45) is -1.74. The molecule has 0 bridgehead atoms. The molecule has 1 aromatic rings. The summed E-state index contributed by atoms with van der Waals surface area (Å²) < 4.78 is 35.7. The molecule has 1 atom stereocenters. The Bertz CT molecular complexity index is 886. The number of likely N-dealkylation sites (tertiary alicyclic amines) is 1. The zero-order chi connectivity index (χ0) is 19.9.